The standard InChI is InChI=1S/C15H18N4OS/c1-18-4-6-19(7-5-18)12-8-13(11-16-10-12)20-15-9-14(21)2-3-17-15/h2-3,8-11H,4-7H2,1H3,(H,17,21). The topological polar surface area (TPSA) is 44.4 Å². The molecule has 21 heavy (non-hydrogen) atoms. The summed E-state index contributed by atoms with van der Waals surface area (Å²) in [5, 5.41) is 0. The van der Waals surface area contributed by atoms with E-state index in [0.717, 1.165) is 36.4 Å². The number of H-pyrrole nitrogens is 1. The van der Waals surface area contributed by atoms with Crippen LogP contribution >= 0.6 is 12.2 Å². The molecule has 110 valence electrons. The van der Waals surface area contributed by atoms with Gasteiger partial charge in [-0.1, -0.05) is 12.2 Å². The van der Waals surface area contributed by atoms with E-state index in [2.05, 4.69) is 26.8 Å². The fourth-order valence-corrected chi connectivity index (χ4v) is 2.49. The predicted molar refractivity (Wildman–Crippen MR) is 85.6 cm³/mol. The second-order valence-electron chi connectivity index (χ2n) is 5.16. The van der Waals surface area contributed by atoms with Crippen molar-refractivity contribution in [1.29, 1.82) is 0 Å². The summed E-state index contributed by atoms with van der Waals surface area (Å²) >= 11 is 5.13. The van der Waals surface area contributed by atoms with Crippen LogP contribution in [-0.2, 0) is 0 Å². The van der Waals surface area contributed by atoms with Crippen LogP contribution in [0.2, 0.25) is 0 Å². The van der Waals surface area contributed by atoms with Gasteiger partial charge >= 0.3 is 0 Å². The highest BCUT2D eigenvalue weighted by Crippen LogP contribution is 2.24. The number of likely N-dealkylation sites (N-methyl/N-ethyl adjacent to an activating group) is 1. The predicted octanol–water partition coefficient (Wildman–Crippen LogP) is 2.68. The smallest absolute Gasteiger partial charge is 0.198 e. The SMILES string of the molecule is CN1CCN(c2cncc(Oc3cc(=S)cc[nH]3)c2)CC1. The van der Waals surface area contributed by atoms with Gasteiger partial charge in [-0.2, -0.15) is 0 Å². The molecular weight excluding hydrogens is 284 g/mol. The van der Waals surface area contributed by atoms with Crippen molar-refractivity contribution in [3.63, 3.8) is 0 Å². The maximum Gasteiger partial charge on any atom is 0.198 e. The third kappa shape index (κ3) is 3.59. The van der Waals surface area contributed by atoms with Crippen molar-refractivity contribution in [2.24, 2.45) is 0 Å². The zero-order chi connectivity index (χ0) is 14.7. The molecule has 0 amide bonds. The van der Waals surface area contributed by atoms with E-state index in [0.29, 0.717) is 11.6 Å². The van der Waals surface area contributed by atoms with Gasteiger partial charge in [-0.25, -0.2) is 0 Å². The monoisotopic (exact) mass is 302 g/mol. The van der Waals surface area contributed by atoms with E-state index in [1.165, 1.54) is 0 Å². The molecule has 0 aliphatic carbocycles. The zero-order valence-electron chi connectivity index (χ0n) is 12.0. The molecule has 0 aromatic carbocycles. The first-order valence-corrected chi connectivity index (χ1v) is 7.37. The van der Waals surface area contributed by atoms with Gasteiger partial charge in [0.1, 0.15) is 5.75 Å². The molecule has 1 aliphatic rings. The Kier molecular flexibility index (Phi) is 4.17. The molecule has 6 heteroatoms. The highest BCUT2D eigenvalue weighted by Gasteiger charge is 2.15. The number of aromatic amines is 1. The van der Waals surface area contributed by atoms with E-state index in [-0.39, 0.29) is 0 Å². The number of nitrogens with zero attached hydrogens (tertiary/aromatic N) is 3. The van der Waals surface area contributed by atoms with Gasteiger partial charge in [-0.3, -0.25) is 4.98 Å². The Morgan fingerprint density at radius 1 is 1.19 bits per heavy atom. The van der Waals surface area contributed by atoms with E-state index < -0.39 is 0 Å². The van der Waals surface area contributed by atoms with Crippen LogP contribution in [0.4, 0.5) is 5.69 Å². The minimum atomic E-state index is 0.625. The quantitative estimate of drug-likeness (QED) is 0.883. The van der Waals surface area contributed by atoms with Crippen LogP contribution in [0, 0.1) is 4.51 Å². The third-order valence-corrected chi connectivity index (χ3v) is 3.80. The van der Waals surface area contributed by atoms with Gasteiger partial charge in [0, 0.05) is 49.0 Å². The molecule has 0 spiro atoms. The molecule has 0 unspecified atom stereocenters. The van der Waals surface area contributed by atoms with Crippen molar-refractivity contribution in [3.8, 4) is 11.6 Å². The number of nitrogens with one attached hydrogen (secondary N) is 1. The molecule has 5 nitrogen and oxygen atoms in total. The number of rotatable bonds is 3. The Hall–Kier alpha value is -1.92. The van der Waals surface area contributed by atoms with Crippen molar-refractivity contribution in [3.05, 3.63) is 41.3 Å². The average molecular weight is 302 g/mol. The highest BCUT2D eigenvalue weighted by molar-refractivity contribution is 7.71. The summed E-state index contributed by atoms with van der Waals surface area (Å²) in [4.78, 5) is 12.0. The largest absolute Gasteiger partial charge is 0.439 e. The number of ether oxygens (including phenoxy) is 1. The summed E-state index contributed by atoms with van der Waals surface area (Å²) in [6.07, 6.45) is 5.37. The molecule has 1 aliphatic heterocycles. The Morgan fingerprint density at radius 2 is 2.00 bits per heavy atom. The summed E-state index contributed by atoms with van der Waals surface area (Å²) in [5.41, 5.74) is 1.09. The highest BCUT2D eigenvalue weighted by atomic mass is 32.1. The van der Waals surface area contributed by atoms with Gasteiger partial charge in [-0.15, -0.1) is 0 Å². The Bertz CT molecular complexity index is 664. The average Bonchev–Trinajstić information content (AvgIpc) is 2.48. The number of hydrogen-bond donors (Lipinski definition) is 1. The molecule has 3 heterocycles. The van der Waals surface area contributed by atoms with Gasteiger partial charge in [-0.05, 0) is 13.1 Å². The number of aromatic nitrogens is 2. The fourth-order valence-electron chi connectivity index (χ4n) is 2.31. The zero-order valence-corrected chi connectivity index (χ0v) is 12.8. The van der Waals surface area contributed by atoms with Crippen LogP contribution < -0.4 is 9.64 Å². The Balaban J connectivity index is 1.75. The Labute approximate surface area is 129 Å². The second-order valence-corrected chi connectivity index (χ2v) is 5.63. The number of piperazine rings is 1. The summed E-state index contributed by atoms with van der Waals surface area (Å²) < 4.78 is 6.53. The first kappa shape index (κ1) is 14.0. The van der Waals surface area contributed by atoms with Crippen LogP contribution in [0.1, 0.15) is 0 Å². The lowest BCUT2D eigenvalue weighted by molar-refractivity contribution is 0.312. The second kappa shape index (κ2) is 6.24. The van der Waals surface area contributed by atoms with Gasteiger partial charge in [0.15, 0.2) is 5.88 Å². The maximum atomic E-state index is 5.79. The molecule has 2 aromatic rings. The van der Waals surface area contributed by atoms with Gasteiger partial charge in [0.25, 0.3) is 0 Å². The van der Waals surface area contributed by atoms with E-state index >= 15 is 0 Å². The van der Waals surface area contributed by atoms with Gasteiger partial charge in [0.05, 0.1) is 18.1 Å². The lowest BCUT2D eigenvalue weighted by atomic mass is 10.3. The molecule has 2 aromatic heterocycles. The number of pyridine rings is 2. The molecule has 1 saturated heterocycles. The van der Waals surface area contributed by atoms with E-state index in [4.69, 9.17) is 17.0 Å². The summed E-state index contributed by atoms with van der Waals surface area (Å²) in [6.45, 7) is 4.15. The van der Waals surface area contributed by atoms with Crippen LogP contribution in [0.15, 0.2) is 36.8 Å². The van der Waals surface area contributed by atoms with Gasteiger partial charge < -0.3 is 19.5 Å². The van der Waals surface area contributed by atoms with Crippen LogP contribution in [0.5, 0.6) is 11.6 Å². The first-order chi connectivity index (χ1) is 10.2. The first-order valence-electron chi connectivity index (χ1n) is 6.96. The Morgan fingerprint density at radius 3 is 2.76 bits per heavy atom. The van der Waals surface area contributed by atoms with Crippen molar-refractivity contribution in [2.45, 2.75) is 0 Å². The van der Waals surface area contributed by atoms with Crippen LogP contribution in [-0.4, -0.2) is 48.1 Å². The molecule has 0 atom stereocenters. The van der Waals surface area contributed by atoms with Crippen molar-refractivity contribution >= 4 is 17.9 Å². The molecule has 1 N–H and O–H groups in total. The minimum absolute atomic E-state index is 0.625. The van der Waals surface area contributed by atoms with Crippen molar-refractivity contribution in [1.82, 2.24) is 14.9 Å². The summed E-state index contributed by atoms with van der Waals surface area (Å²) in [6, 6.07) is 5.63. The van der Waals surface area contributed by atoms with Crippen molar-refractivity contribution < 1.29 is 4.74 Å². The summed E-state index contributed by atoms with van der Waals surface area (Å²) in [5.74, 6) is 1.34. The third-order valence-electron chi connectivity index (χ3n) is 3.54. The number of anilines is 1. The number of hydrogen-bond acceptors (Lipinski definition) is 5. The van der Waals surface area contributed by atoms with Crippen LogP contribution in [0.25, 0.3) is 0 Å². The van der Waals surface area contributed by atoms with E-state index in [9.17, 15) is 0 Å². The molecule has 0 saturated carbocycles. The normalized spacial score (nSPS) is 16.0. The van der Waals surface area contributed by atoms with E-state index in [1.807, 2.05) is 18.3 Å². The molecule has 0 bridgehead atoms. The van der Waals surface area contributed by atoms with Gasteiger partial charge in [0.2, 0.25) is 0 Å². The molecular formula is C15H18N4OS. The minimum Gasteiger partial charge on any atom is -0.439 e. The van der Waals surface area contributed by atoms with Crippen LogP contribution in [0.3, 0.4) is 0 Å². The van der Waals surface area contributed by atoms with Crippen molar-refractivity contribution in [2.75, 3.05) is 38.1 Å². The molecule has 3 rings (SSSR count). The lowest BCUT2D eigenvalue weighted by Gasteiger charge is -2.33. The molecule has 0 radical (unpaired) electrons. The van der Waals surface area contributed by atoms with E-state index in [1.54, 1.807) is 18.5 Å². The summed E-state index contributed by atoms with van der Waals surface area (Å²) in [7, 11) is 2.15. The fraction of sp³-hybridized carbons (Fsp3) is 0.333. The maximum absolute atomic E-state index is 5.79. The lowest BCUT2D eigenvalue weighted by Crippen LogP contribution is -2.44. The molecule has 1 fully saturated rings.